The van der Waals surface area contributed by atoms with Crippen molar-refractivity contribution < 1.29 is 4.74 Å². The van der Waals surface area contributed by atoms with Crippen molar-refractivity contribution >= 4 is 17.6 Å². The molecule has 0 unspecified atom stereocenters. The first-order valence-electron chi connectivity index (χ1n) is 5.35. The molecule has 0 amide bonds. The summed E-state index contributed by atoms with van der Waals surface area (Å²) in [6.07, 6.45) is 1.81. The molecule has 0 fully saturated rings. The van der Waals surface area contributed by atoms with Crippen LogP contribution in [-0.2, 0) is 0 Å². The predicted octanol–water partition coefficient (Wildman–Crippen LogP) is 3.33. The maximum absolute atomic E-state index is 5.12. The predicted molar refractivity (Wildman–Crippen MR) is 71.1 cm³/mol. The molecule has 0 aliphatic carbocycles. The molecule has 0 aliphatic rings. The summed E-state index contributed by atoms with van der Waals surface area (Å²) in [5.74, 6) is 0.865. The van der Waals surface area contributed by atoms with Gasteiger partial charge in [-0.2, -0.15) is 0 Å². The molecule has 0 spiro atoms. The number of rotatable bonds is 4. The highest BCUT2D eigenvalue weighted by atomic mass is 32.1. The van der Waals surface area contributed by atoms with E-state index in [4.69, 9.17) is 4.74 Å². The average molecular weight is 246 g/mol. The Bertz CT molecular complexity index is 477. The fourth-order valence-electron chi connectivity index (χ4n) is 1.44. The van der Waals surface area contributed by atoms with E-state index in [-0.39, 0.29) is 6.04 Å². The van der Waals surface area contributed by atoms with Gasteiger partial charge < -0.3 is 4.74 Å². The molecule has 0 aliphatic heterocycles. The van der Waals surface area contributed by atoms with Gasteiger partial charge in [-0.25, -0.2) is 4.98 Å². The van der Waals surface area contributed by atoms with Gasteiger partial charge in [-0.05, 0) is 24.6 Å². The van der Waals surface area contributed by atoms with Crippen LogP contribution in [0.25, 0.3) is 0 Å². The van der Waals surface area contributed by atoms with Gasteiger partial charge in [0.15, 0.2) is 0 Å². The summed E-state index contributed by atoms with van der Waals surface area (Å²) in [5.41, 5.74) is 3.88. The summed E-state index contributed by atoms with van der Waals surface area (Å²) in [6, 6.07) is 8.08. The van der Waals surface area contributed by atoms with Crippen molar-refractivity contribution in [3.05, 3.63) is 46.4 Å². The van der Waals surface area contributed by atoms with Crippen LogP contribution in [0, 0.1) is 0 Å². The van der Waals surface area contributed by atoms with E-state index in [2.05, 4.69) is 16.9 Å². The van der Waals surface area contributed by atoms with Crippen molar-refractivity contribution in [2.45, 2.75) is 13.0 Å². The second kappa shape index (κ2) is 5.59. The van der Waals surface area contributed by atoms with Crippen molar-refractivity contribution in [1.29, 1.82) is 0 Å². The third kappa shape index (κ3) is 3.14. The second-order valence-electron chi connectivity index (χ2n) is 3.64. The molecule has 0 saturated heterocycles. The fraction of sp³-hybridized carbons (Fsp3) is 0.231. The van der Waals surface area contributed by atoms with Gasteiger partial charge in [0.25, 0.3) is 0 Å². The van der Waals surface area contributed by atoms with Crippen LogP contribution >= 0.6 is 11.3 Å². The highest BCUT2D eigenvalue weighted by molar-refractivity contribution is 7.07. The zero-order chi connectivity index (χ0) is 12.1. The molecule has 0 saturated carbocycles. The summed E-state index contributed by atoms with van der Waals surface area (Å²) in [5, 5.41) is 1.98. The van der Waals surface area contributed by atoms with Gasteiger partial charge in [-0.1, -0.05) is 12.1 Å². The Morgan fingerprint density at radius 3 is 2.71 bits per heavy atom. The van der Waals surface area contributed by atoms with E-state index < -0.39 is 0 Å². The van der Waals surface area contributed by atoms with E-state index in [0.29, 0.717) is 0 Å². The van der Waals surface area contributed by atoms with Crippen LogP contribution in [0.3, 0.4) is 0 Å². The van der Waals surface area contributed by atoms with Gasteiger partial charge in [0, 0.05) is 11.6 Å². The van der Waals surface area contributed by atoms with Crippen molar-refractivity contribution in [3.8, 4) is 5.75 Å². The highest BCUT2D eigenvalue weighted by Gasteiger charge is 2.02. The van der Waals surface area contributed by atoms with Gasteiger partial charge in [0.1, 0.15) is 5.75 Å². The molecule has 0 N–H and O–H groups in total. The van der Waals surface area contributed by atoms with E-state index in [1.807, 2.05) is 35.9 Å². The molecule has 88 valence electrons. The highest BCUT2D eigenvalue weighted by Crippen LogP contribution is 2.19. The van der Waals surface area contributed by atoms with Crippen LogP contribution in [-0.4, -0.2) is 18.3 Å². The number of benzene rings is 1. The second-order valence-corrected chi connectivity index (χ2v) is 4.36. The molecule has 17 heavy (non-hydrogen) atoms. The number of hydrogen-bond acceptors (Lipinski definition) is 4. The van der Waals surface area contributed by atoms with E-state index >= 15 is 0 Å². The third-order valence-corrected chi connectivity index (χ3v) is 3.08. The van der Waals surface area contributed by atoms with Crippen molar-refractivity contribution in [2.75, 3.05) is 7.11 Å². The quantitative estimate of drug-likeness (QED) is 0.775. The average Bonchev–Trinajstić information content (AvgIpc) is 2.89. The molecular formula is C13H14N2OS. The number of ether oxygens (including phenoxy) is 1. The molecule has 3 nitrogen and oxygen atoms in total. The maximum atomic E-state index is 5.12. The Morgan fingerprint density at radius 1 is 1.35 bits per heavy atom. The summed E-state index contributed by atoms with van der Waals surface area (Å²) in [7, 11) is 1.67. The zero-order valence-electron chi connectivity index (χ0n) is 9.83. The number of nitrogens with zero attached hydrogens (tertiary/aromatic N) is 2. The Hall–Kier alpha value is -1.68. The van der Waals surface area contributed by atoms with Crippen LogP contribution < -0.4 is 4.74 Å². The van der Waals surface area contributed by atoms with E-state index in [9.17, 15) is 0 Å². The Morgan fingerprint density at radius 2 is 2.12 bits per heavy atom. The Kier molecular flexibility index (Phi) is 3.88. The van der Waals surface area contributed by atoms with Crippen LogP contribution in [0.2, 0.25) is 0 Å². The normalized spacial score (nSPS) is 12.8. The first kappa shape index (κ1) is 11.8. The fourth-order valence-corrected chi connectivity index (χ4v) is 1.95. The Labute approximate surface area is 105 Å². The number of hydrogen-bond donors (Lipinski definition) is 0. The van der Waals surface area contributed by atoms with Gasteiger partial charge in [-0.15, -0.1) is 11.3 Å². The van der Waals surface area contributed by atoms with Gasteiger partial charge in [0.05, 0.1) is 24.4 Å². The summed E-state index contributed by atoms with van der Waals surface area (Å²) >= 11 is 1.57. The molecule has 1 aromatic carbocycles. The van der Waals surface area contributed by atoms with Crippen LogP contribution in [0.5, 0.6) is 5.75 Å². The lowest BCUT2D eigenvalue weighted by Crippen LogP contribution is -1.92. The summed E-state index contributed by atoms with van der Waals surface area (Å²) in [4.78, 5) is 8.63. The lowest BCUT2D eigenvalue weighted by atomic mass is 10.1. The lowest BCUT2D eigenvalue weighted by Gasteiger charge is -2.07. The SMILES string of the molecule is COc1ccc([C@H](C)N=Cc2cscn2)cc1. The van der Waals surface area contributed by atoms with E-state index in [1.165, 1.54) is 0 Å². The van der Waals surface area contributed by atoms with Gasteiger partial charge in [-0.3, -0.25) is 4.99 Å². The van der Waals surface area contributed by atoms with Crippen molar-refractivity contribution in [3.63, 3.8) is 0 Å². The van der Waals surface area contributed by atoms with E-state index in [0.717, 1.165) is 17.0 Å². The monoisotopic (exact) mass is 246 g/mol. The topological polar surface area (TPSA) is 34.5 Å². The molecule has 2 aromatic rings. The molecular weight excluding hydrogens is 232 g/mol. The lowest BCUT2D eigenvalue weighted by molar-refractivity contribution is 0.414. The van der Waals surface area contributed by atoms with Crippen molar-refractivity contribution in [1.82, 2.24) is 4.98 Å². The van der Waals surface area contributed by atoms with E-state index in [1.54, 1.807) is 24.0 Å². The molecule has 1 atom stereocenters. The number of thiazole rings is 1. The molecule has 1 aromatic heterocycles. The number of aliphatic imine (C=N–C) groups is 1. The molecule has 2 rings (SSSR count). The van der Waals surface area contributed by atoms with Crippen LogP contribution in [0.1, 0.15) is 24.2 Å². The Balaban J connectivity index is 2.06. The largest absolute Gasteiger partial charge is 0.497 e. The minimum atomic E-state index is 0.127. The maximum Gasteiger partial charge on any atom is 0.118 e. The first-order chi connectivity index (χ1) is 8.29. The van der Waals surface area contributed by atoms with Crippen molar-refractivity contribution in [2.24, 2.45) is 4.99 Å². The van der Waals surface area contributed by atoms with Gasteiger partial charge >= 0.3 is 0 Å². The summed E-state index contributed by atoms with van der Waals surface area (Å²) in [6.45, 7) is 2.06. The molecule has 4 heteroatoms. The molecule has 0 bridgehead atoms. The zero-order valence-corrected chi connectivity index (χ0v) is 10.6. The standard InChI is InChI=1S/C13H14N2OS/c1-10(14-7-12-8-17-9-15-12)11-3-5-13(16-2)6-4-11/h3-10H,1-2H3/t10-/m0/s1. The van der Waals surface area contributed by atoms with Crippen LogP contribution in [0.15, 0.2) is 40.1 Å². The molecule has 1 heterocycles. The minimum absolute atomic E-state index is 0.127. The third-order valence-electron chi connectivity index (χ3n) is 2.48. The van der Waals surface area contributed by atoms with Gasteiger partial charge in [0.2, 0.25) is 0 Å². The first-order valence-corrected chi connectivity index (χ1v) is 6.29. The smallest absolute Gasteiger partial charge is 0.118 e. The number of methoxy groups -OCH3 is 1. The number of aromatic nitrogens is 1. The molecule has 0 radical (unpaired) electrons. The summed E-state index contributed by atoms with van der Waals surface area (Å²) < 4.78 is 5.12. The van der Waals surface area contributed by atoms with Crippen LogP contribution in [0.4, 0.5) is 0 Å². The minimum Gasteiger partial charge on any atom is -0.497 e.